The van der Waals surface area contributed by atoms with E-state index in [0.717, 1.165) is 25.8 Å². The van der Waals surface area contributed by atoms with Crippen molar-refractivity contribution in [3.8, 4) is 0 Å². The van der Waals surface area contributed by atoms with Gasteiger partial charge in [-0.3, -0.25) is 14.5 Å². The number of nitrogens with zero attached hydrogens (tertiary/aromatic N) is 1. The second-order valence-corrected chi connectivity index (χ2v) is 10.6. The molecule has 2 unspecified atom stereocenters. The van der Waals surface area contributed by atoms with Crippen LogP contribution in [0.4, 0.5) is 0 Å². The third-order valence-corrected chi connectivity index (χ3v) is 5.51. The molecule has 5 nitrogen and oxygen atoms in total. The van der Waals surface area contributed by atoms with E-state index in [-0.39, 0.29) is 22.8 Å². The zero-order chi connectivity index (χ0) is 19.5. The molecule has 2 N–H and O–H groups in total. The summed E-state index contributed by atoms with van der Waals surface area (Å²) in [6.45, 7) is 13.9. The van der Waals surface area contributed by atoms with Crippen LogP contribution in [-0.2, 0) is 9.59 Å². The van der Waals surface area contributed by atoms with Crippen molar-refractivity contribution in [1.82, 2.24) is 15.5 Å². The number of rotatable bonds is 6. The summed E-state index contributed by atoms with van der Waals surface area (Å²) in [5.41, 5.74) is 0.0290. The van der Waals surface area contributed by atoms with Crippen LogP contribution in [0.5, 0.6) is 0 Å². The van der Waals surface area contributed by atoms with Gasteiger partial charge in [-0.1, -0.05) is 20.8 Å². The second-order valence-electron chi connectivity index (χ2n) is 10.6. The summed E-state index contributed by atoms with van der Waals surface area (Å²) in [7, 11) is 0. The van der Waals surface area contributed by atoms with Gasteiger partial charge in [0.25, 0.3) is 0 Å². The van der Waals surface area contributed by atoms with Crippen molar-refractivity contribution in [1.29, 1.82) is 0 Å². The predicted molar refractivity (Wildman–Crippen MR) is 106 cm³/mol. The Morgan fingerprint density at radius 2 is 1.54 bits per heavy atom. The van der Waals surface area contributed by atoms with E-state index >= 15 is 0 Å². The summed E-state index contributed by atoms with van der Waals surface area (Å²) >= 11 is 0. The minimum absolute atomic E-state index is 0.128. The molecule has 2 saturated heterocycles. The molecule has 0 radical (unpaired) electrons. The summed E-state index contributed by atoms with van der Waals surface area (Å²) in [5.74, 6) is 0.857. The van der Waals surface area contributed by atoms with Gasteiger partial charge in [0.15, 0.2) is 0 Å². The first-order valence-corrected chi connectivity index (χ1v) is 10.3. The first-order valence-electron chi connectivity index (χ1n) is 10.3. The van der Waals surface area contributed by atoms with Gasteiger partial charge in [-0.25, -0.2) is 0 Å². The van der Waals surface area contributed by atoms with Gasteiger partial charge in [0, 0.05) is 30.6 Å². The Hall–Kier alpha value is -1.10. The number of hydrogen-bond acceptors (Lipinski definition) is 3. The van der Waals surface area contributed by atoms with Crippen LogP contribution < -0.4 is 10.6 Å². The summed E-state index contributed by atoms with van der Waals surface area (Å²) < 4.78 is 0. The van der Waals surface area contributed by atoms with Crippen molar-refractivity contribution in [3.63, 3.8) is 0 Å². The fourth-order valence-electron chi connectivity index (χ4n) is 4.27. The largest absolute Gasteiger partial charge is 0.356 e. The molecule has 0 spiro atoms. The molecule has 26 heavy (non-hydrogen) atoms. The molecule has 2 aliphatic heterocycles. The minimum Gasteiger partial charge on any atom is -0.356 e. The number of fused-ring (bicyclic) bond motifs is 2. The Labute approximate surface area is 159 Å². The van der Waals surface area contributed by atoms with E-state index in [1.807, 2.05) is 20.8 Å². The standard InChI is InChI=1S/C21H39N3O2/c1-20(2,3)10-9-18(25)22-13-15-11-16-7-8-17(12-15)24(16)14-19(26)23-21(4,5)6/h15-17H,7-14H2,1-6H3,(H,22,25)(H,23,26). The van der Waals surface area contributed by atoms with Gasteiger partial charge in [-0.05, 0) is 64.2 Å². The zero-order valence-electron chi connectivity index (χ0n) is 17.7. The topological polar surface area (TPSA) is 61.4 Å². The van der Waals surface area contributed by atoms with Gasteiger partial charge < -0.3 is 10.6 Å². The molecule has 0 aliphatic carbocycles. The van der Waals surface area contributed by atoms with Crippen molar-refractivity contribution < 1.29 is 9.59 Å². The van der Waals surface area contributed by atoms with Crippen LogP contribution in [0.2, 0.25) is 0 Å². The normalized spacial score (nSPS) is 26.6. The van der Waals surface area contributed by atoms with E-state index in [4.69, 9.17) is 0 Å². The molecule has 2 fully saturated rings. The molecular weight excluding hydrogens is 326 g/mol. The molecule has 2 heterocycles. The number of amides is 2. The first-order chi connectivity index (χ1) is 11.9. The molecule has 0 aromatic carbocycles. The Morgan fingerprint density at radius 3 is 2.04 bits per heavy atom. The van der Waals surface area contributed by atoms with E-state index in [0.29, 0.717) is 31.0 Å². The third kappa shape index (κ3) is 6.90. The van der Waals surface area contributed by atoms with Crippen molar-refractivity contribution in [3.05, 3.63) is 0 Å². The smallest absolute Gasteiger partial charge is 0.234 e. The lowest BCUT2D eigenvalue weighted by molar-refractivity contribution is -0.125. The monoisotopic (exact) mass is 365 g/mol. The molecule has 2 aliphatic rings. The SMILES string of the molecule is CC(C)(C)CCC(=O)NCC1CC2CCC(C1)N2CC(=O)NC(C)(C)C. The average molecular weight is 366 g/mol. The average Bonchev–Trinajstić information content (AvgIpc) is 2.70. The van der Waals surface area contributed by atoms with E-state index in [1.54, 1.807) is 0 Å². The van der Waals surface area contributed by atoms with Crippen molar-refractivity contribution in [2.24, 2.45) is 11.3 Å². The Kier molecular flexibility index (Phi) is 6.75. The van der Waals surface area contributed by atoms with Gasteiger partial charge in [0.05, 0.1) is 6.54 Å². The summed E-state index contributed by atoms with van der Waals surface area (Å²) in [6.07, 6.45) is 6.09. The van der Waals surface area contributed by atoms with E-state index in [9.17, 15) is 9.59 Å². The van der Waals surface area contributed by atoms with Crippen LogP contribution in [-0.4, -0.2) is 47.4 Å². The third-order valence-electron chi connectivity index (χ3n) is 5.51. The van der Waals surface area contributed by atoms with Gasteiger partial charge >= 0.3 is 0 Å². The number of carbonyl (C=O) groups excluding carboxylic acids is 2. The molecule has 2 bridgehead atoms. The lowest BCUT2D eigenvalue weighted by Gasteiger charge is -2.39. The molecule has 0 aromatic heterocycles. The van der Waals surface area contributed by atoms with Gasteiger partial charge in [0.2, 0.25) is 11.8 Å². The molecule has 2 amide bonds. The van der Waals surface area contributed by atoms with E-state index in [2.05, 4.69) is 36.3 Å². The van der Waals surface area contributed by atoms with Gasteiger partial charge in [-0.2, -0.15) is 0 Å². The van der Waals surface area contributed by atoms with Gasteiger partial charge in [0.1, 0.15) is 0 Å². The maximum Gasteiger partial charge on any atom is 0.234 e. The molecule has 2 atom stereocenters. The predicted octanol–water partition coefficient (Wildman–Crippen LogP) is 3.09. The molecule has 150 valence electrons. The highest BCUT2D eigenvalue weighted by Crippen LogP contribution is 2.38. The van der Waals surface area contributed by atoms with Crippen LogP contribution in [0.3, 0.4) is 0 Å². The minimum atomic E-state index is -0.175. The first kappa shape index (κ1) is 21.2. The molecular formula is C21H39N3O2. The van der Waals surface area contributed by atoms with E-state index in [1.165, 1.54) is 12.8 Å². The summed E-state index contributed by atoms with van der Waals surface area (Å²) in [5, 5.41) is 6.22. The summed E-state index contributed by atoms with van der Waals surface area (Å²) in [6, 6.07) is 0.992. The Bertz CT molecular complexity index is 490. The highest BCUT2D eigenvalue weighted by Gasteiger charge is 2.41. The zero-order valence-corrected chi connectivity index (χ0v) is 17.7. The van der Waals surface area contributed by atoms with E-state index < -0.39 is 0 Å². The Balaban J connectivity index is 1.75. The van der Waals surface area contributed by atoms with Crippen LogP contribution in [0.25, 0.3) is 0 Å². The summed E-state index contributed by atoms with van der Waals surface area (Å²) in [4.78, 5) is 26.8. The fourth-order valence-corrected chi connectivity index (χ4v) is 4.27. The Morgan fingerprint density at radius 1 is 0.962 bits per heavy atom. The second kappa shape index (κ2) is 8.28. The fraction of sp³-hybridized carbons (Fsp3) is 0.905. The number of hydrogen-bond donors (Lipinski definition) is 2. The highest BCUT2D eigenvalue weighted by molar-refractivity contribution is 5.79. The van der Waals surface area contributed by atoms with Gasteiger partial charge in [-0.15, -0.1) is 0 Å². The lowest BCUT2D eigenvalue weighted by atomic mass is 9.89. The highest BCUT2D eigenvalue weighted by atomic mass is 16.2. The number of carbonyl (C=O) groups is 2. The van der Waals surface area contributed by atoms with Crippen molar-refractivity contribution >= 4 is 11.8 Å². The van der Waals surface area contributed by atoms with Crippen LogP contribution >= 0.6 is 0 Å². The van der Waals surface area contributed by atoms with Crippen LogP contribution in [0, 0.1) is 11.3 Å². The molecule has 0 saturated carbocycles. The van der Waals surface area contributed by atoms with Crippen LogP contribution in [0.15, 0.2) is 0 Å². The molecule has 2 rings (SSSR count). The maximum atomic E-state index is 12.3. The molecule has 0 aromatic rings. The van der Waals surface area contributed by atoms with Crippen molar-refractivity contribution in [2.45, 2.75) is 97.7 Å². The van der Waals surface area contributed by atoms with Crippen LogP contribution in [0.1, 0.15) is 80.1 Å². The molecule has 5 heteroatoms. The lowest BCUT2D eigenvalue weighted by Crippen LogP contribution is -2.52. The number of piperidine rings is 1. The maximum absolute atomic E-state index is 12.3. The van der Waals surface area contributed by atoms with Crippen molar-refractivity contribution in [2.75, 3.05) is 13.1 Å². The quantitative estimate of drug-likeness (QED) is 0.760. The number of nitrogens with one attached hydrogen (secondary N) is 2.